The maximum absolute atomic E-state index is 6.27. The number of benzene rings is 2. The molecule has 0 saturated heterocycles. The molecular formula is C19H18N6S. The lowest BCUT2D eigenvalue weighted by molar-refractivity contribution is 1.17. The van der Waals surface area contributed by atoms with Crippen molar-refractivity contribution in [3.63, 3.8) is 0 Å². The molecule has 4 aromatic rings. The fraction of sp³-hybridized carbons (Fsp3) is 0.105. The molecule has 0 saturated carbocycles. The van der Waals surface area contributed by atoms with Crippen molar-refractivity contribution in [2.24, 2.45) is 0 Å². The summed E-state index contributed by atoms with van der Waals surface area (Å²) in [5.41, 5.74) is 11.0. The van der Waals surface area contributed by atoms with Crippen LogP contribution in [0.15, 0.2) is 48.8 Å². The predicted molar refractivity (Wildman–Crippen MR) is 109 cm³/mol. The van der Waals surface area contributed by atoms with E-state index < -0.39 is 0 Å². The highest BCUT2D eigenvalue weighted by Gasteiger charge is 2.11. The van der Waals surface area contributed by atoms with Crippen molar-refractivity contribution in [3.8, 4) is 0 Å². The second kappa shape index (κ2) is 6.61. The average Bonchev–Trinajstić information content (AvgIpc) is 3.04. The number of nitrogens with one attached hydrogen (secondary N) is 2. The number of nitrogen functional groups attached to an aromatic ring is 1. The molecule has 2 aromatic carbocycles. The third kappa shape index (κ3) is 3.16. The second-order valence-corrected chi connectivity index (χ2v) is 7.05. The molecule has 4 rings (SSSR count). The predicted octanol–water partition coefficient (Wildman–Crippen LogP) is 4.77. The molecule has 6 nitrogen and oxygen atoms in total. The number of para-hydroxylation sites is 1. The van der Waals surface area contributed by atoms with Gasteiger partial charge in [0.15, 0.2) is 16.8 Å². The lowest BCUT2D eigenvalue weighted by atomic mass is 10.1. The first-order valence-corrected chi connectivity index (χ1v) is 8.99. The fourth-order valence-corrected chi connectivity index (χ4v) is 3.44. The lowest BCUT2D eigenvalue weighted by Crippen LogP contribution is -2.05. The number of hydrogen-bond acceptors (Lipinski definition) is 7. The molecule has 2 aromatic heterocycles. The molecule has 0 aliphatic rings. The number of thiazole rings is 1. The Morgan fingerprint density at radius 2 is 1.69 bits per heavy atom. The van der Waals surface area contributed by atoms with Crippen LogP contribution in [0.1, 0.15) is 11.1 Å². The normalized spacial score (nSPS) is 10.8. The molecule has 130 valence electrons. The summed E-state index contributed by atoms with van der Waals surface area (Å²) in [6, 6.07) is 14.1. The molecule has 0 bridgehead atoms. The standard InChI is InChI=1S/C19H18N6S/c1-11-7-8-13(9-12(11)2)23-17-16(20)18(22-10-21-17)25-19-24-14-5-3-4-6-15(14)26-19/h3-10H,20H2,1-2H3,(H2,21,22,23,24,25). The van der Waals surface area contributed by atoms with Crippen molar-refractivity contribution in [2.75, 3.05) is 16.4 Å². The number of fused-ring (bicyclic) bond motifs is 1. The molecule has 26 heavy (non-hydrogen) atoms. The summed E-state index contributed by atoms with van der Waals surface area (Å²) in [5, 5.41) is 7.20. The van der Waals surface area contributed by atoms with Crippen molar-refractivity contribution in [3.05, 3.63) is 59.9 Å². The van der Waals surface area contributed by atoms with Crippen LogP contribution in [0.4, 0.5) is 28.1 Å². The lowest BCUT2D eigenvalue weighted by Gasteiger charge is -2.12. The van der Waals surface area contributed by atoms with Crippen LogP contribution in [0.25, 0.3) is 10.2 Å². The minimum atomic E-state index is 0.449. The summed E-state index contributed by atoms with van der Waals surface area (Å²) in [6.45, 7) is 4.15. The number of rotatable bonds is 4. The molecule has 0 fully saturated rings. The Morgan fingerprint density at radius 1 is 0.923 bits per heavy atom. The van der Waals surface area contributed by atoms with Crippen molar-refractivity contribution < 1.29 is 0 Å². The van der Waals surface area contributed by atoms with E-state index >= 15 is 0 Å². The fourth-order valence-electron chi connectivity index (χ4n) is 2.58. The van der Waals surface area contributed by atoms with Gasteiger partial charge in [0.2, 0.25) is 0 Å². The molecule has 0 atom stereocenters. The van der Waals surface area contributed by atoms with Gasteiger partial charge in [0.1, 0.15) is 12.0 Å². The van der Waals surface area contributed by atoms with Gasteiger partial charge in [-0.3, -0.25) is 0 Å². The van der Waals surface area contributed by atoms with E-state index in [1.807, 2.05) is 30.3 Å². The highest BCUT2D eigenvalue weighted by Crippen LogP contribution is 2.32. The van der Waals surface area contributed by atoms with Crippen LogP contribution in [0.3, 0.4) is 0 Å². The number of nitrogens with two attached hydrogens (primary N) is 1. The maximum atomic E-state index is 6.27. The molecule has 0 amide bonds. The molecule has 4 N–H and O–H groups in total. The minimum absolute atomic E-state index is 0.449. The van der Waals surface area contributed by atoms with E-state index in [1.54, 1.807) is 11.3 Å². The molecule has 7 heteroatoms. The molecule has 0 unspecified atom stereocenters. The van der Waals surface area contributed by atoms with Crippen LogP contribution in [-0.2, 0) is 0 Å². The minimum Gasteiger partial charge on any atom is -0.393 e. The van der Waals surface area contributed by atoms with Crippen molar-refractivity contribution in [1.82, 2.24) is 15.0 Å². The van der Waals surface area contributed by atoms with Crippen LogP contribution in [-0.4, -0.2) is 15.0 Å². The van der Waals surface area contributed by atoms with E-state index in [-0.39, 0.29) is 0 Å². The SMILES string of the molecule is Cc1ccc(Nc2ncnc(Nc3nc4ccccc4s3)c2N)cc1C. The number of aryl methyl sites for hydroxylation is 2. The van der Waals surface area contributed by atoms with Crippen LogP contribution in [0.2, 0.25) is 0 Å². The van der Waals surface area contributed by atoms with E-state index in [4.69, 9.17) is 5.73 Å². The van der Waals surface area contributed by atoms with Crippen LogP contribution < -0.4 is 16.4 Å². The van der Waals surface area contributed by atoms with Gasteiger partial charge in [-0.2, -0.15) is 0 Å². The second-order valence-electron chi connectivity index (χ2n) is 6.02. The first-order chi connectivity index (χ1) is 12.6. The summed E-state index contributed by atoms with van der Waals surface area (Å²) in [6.07, 6.45) is 1.48. The van der Waals surface area contributed by atoms with Crippen molar-refractivity contribution in [2.45, 2.75) is 13.8 Å². The average molecular weight is 362 g/mol. The Kier molecular flexibility index (Phi) is 4.14. The Bertz CT molecular complexity index is 1060. The largest absolute Gasteiger partial charge is 0.393 e. The molecule has 2 heterocycles. The summed E-state index contributed by atoms with van der Waals surface area (Å²) < 4.78 is 1.11. The Hall–Kier alpha value is -3.19. The third-order valence-corrected chi connectivity index (χ3v) is 5.12. The zero-order valence-corrected chi connectivity index (χ0v) is 15.3. The van der Waals surface area contributed by atoms with Gasteiger partial charge in [0.25, 0.3) is 0 Å². The molecule has 0 aliphatic heterocycles. The van der Waals surface area contributed by atoms with Gasteiger partial charge in [-0.05, 0) is 49.2 Å². The molecule has 0 aliphatic carbocycles. The van der Waals surface area contributed by atoms with Gasteiger partial charge in [-0.25, -0.2) is 15.0 Å². The number of hydrogen-bond donors (Lipinski definition) is 3. The molecular weight excluding hydrogens is 344 g/mol. The van der Waals surface area contributed by atoms with Gasteiger partial charge >= 0.3 is 0 Å². The summed E-state index contributed by atoms with van der Waals surface area (Å²) in [5.74, 6) is 1.09. The van der Waals surface area contributed by atoms with Crippen molar-refractivity contribution >= 4 is 49.7 Å². The first-order valence-electron chi connectivity index (χ1n) is 8.17. The summed E-state index contributed by atoms with van der Waals surface area (Å²) >= 11 is 1.56. The summed E-state index contributed by atoms with van der Waals surface area (Å²) in [4.78, 5) is 13.1. The topological polar surface area (TPSA) is 88.8 Å². The van der Waals surface area contributed by atoms with Gasteiger partial charge in [0.05, 0.1) is 10.2 Å². The van der Waals surface area contributed by atoms with E-state index in [9.17, 15) is 0 Å². The maximum Gasteiger partial charge on any atom is 0.189 e. The number of aromatic nitrogens is 3. The van der Waals surface area contributed by atoms with Gasteiger partial charge in [0, 0.05) is 5.69 Å². The summed E-state index contributed by atoms with van der Waals surface area (Å²) in [7, 11) is 0. The van der Waals surface area contributed by atoms with E-state index in [0.29, 0.717) is 17.3 Å². The Labute approximate surface area is 155 Å². The van der Waals surface area contributed by atoms with E-state index in [0.717, 1.165) is 21.0 Å². The van der Waals surface area contributed by atoms with Crippen LogP contribution >= 0.6 is 11.3 Å². The van der Waals surface area contributed by atoms with E-state index in [1.165, 1.54) is 17.5 Å². The zero-order chi connectivity index (χ0) is 18.1. The molecule has 0 spiro atoms. The highest BCUT2D eigenvalue weighted by molar-refractivity contribution is 7.22. The van der Waals surface area contributed by atoms with Gasteiger partial charge < -0.3 is 16.4 Å². The zero-order valence-electron chi connectivity index (χ0n) is 14.4. The van der Waals surface area contributed by atoms with E-state index in [2.05, 4.69) is 51.6 Å². The molecule has 0 radical (unpaired) electrons. The quantitative estimate of drug-likeness (QED) is 0.484. The van der Waals surface area contributed by atoms with Gasteiger partial charge in [-0.15, -0.1) is 0 Å². The van der Waals surface area contributed by atoms with Crippen LogP contribution in [0.5, 0.6) is 0 Å². The Morgan fingerprint density at radius 3 is 2.46 bits per heavy atom. The highest BCUT2D eigenvalue weighted by atomic mass is 32.1. The third-order valence-electron chi connectivity index (χ3n) is 4.17. The monoisotopic (exact) mass is 362 g/mol. The van der Waals surface area contributed by atoms with Crippen molar-refractivity contribution in [1.29, 1.82) is 0 Å². The van der Waals surface area contributed by atoms with Crippen LogP contribution in [0, 0.1) is 13.8 Å². The smallest absolute Gasteiger partial charge is 0.189 e. The number of nitrogens with zero attached hydrogens (tertiary/aromatic N) is 3. The Balaban J connectivity index is 1.61. The number of anilines is 5. The first kappa shape index (κ1) is 16.3. The van der Waals surface area contributed by atoms with Gasteiger partial charge in [-0.1, -0.05) is 29.5 Å².